The number of carbonyl (C=O) groups excluding carboxylic acids is 1. The summed E-state index contributed by atoms with van der Waals surface area (Å²) in [5, 5.41) is 2.73. The van der Waals surface area contributed by atoms with Crippen LogP contribution in [0.5, 0.6) is 0 Å². The molecule has 1 amide bonds. The Morgan fingerprint density at radius 1 is 1.24 bits per heavy atom. The van der Waals surface area contributed by atoms with Gasteiger partial charge in [-0.15, -0.1) is 0 Å². The minimum atomic E-state index is -0.467. The predicted molar refractivity (Wildman–Crippen MR) is 86.0 cm³/mol. The molecular formula is C14H33N5O2. The first-order chi connectivity index (χ1) is 9.78. The van der Waals surface area contributed by atoms with Gasteiger partial charge in [0.15, 0.2) is 0 Å². The largest absolute Gasteiger partial charge is 0.444 e. The van der Waals surface area contributed by atoms with Crippen molar-refractivity contribution in [2.45, 2.75) is 45.3 Å². The fourth-order valence-electron chi connectivity index (χ4n) is 1.95. The number of hydrogen-bond acceptors (Lipinski definition) is 6. The van der Waals surface area contributed by atoms with Crippen LogP contribution in [0.15, 0.2) is 0 Å². The van der Waals surface area contributed by atoms with Gasteiger partial charge in [0.25, 0.3) is 0 Å². The number of alkyl carbamates (subject to hydrolysis) is 1. The fraction of sp³-hybridized carbons (Fsp3) is 0.929. The van der Waals surface area contributed by atoms with Crippen LogP contribution in [0.3, 0.4) is 0 Å². The van der Waals surface area contributed by atoms with Crippen LogP contribution in [0.25, 0.3) is 0 Å². The van der Waals surface area contributed by atoms with Gasteiger partial charge in [-0.1, -0.05) is 0 Å². The van der Waals surface area contributed by atoms with Crippen molar-refractivity contribution in [1.82, 2.24) is 10.2 Å². The third-order valence-electron chi connectivity index (χ3n) is 2.80. The van der Waals surface area contributed by atoms with Crippen LogP contribution >= 0.6 is 0 Å². The maximum atomic E-state index is 11.5. The Balaban J connectivity index is 3.78. The molecule has 0 aliphatic heterocycles. The van der Waals surface area contributed by atoms with E-state index in [-0.39, 0.29) is 12.1 Å². The summed E-state index contributed by atoms with van der Waals surface area (Å²) < 4.78 is 5.16. The van der Waals surface area contributed by atoms with Crippen LogP contribution in [0, 0.1) is 0 Å². The molecule has 7 nitrogen and oxygen atoms in total. The highest BCUT2D eigenvalue weighted by Crippen LogP contribution is 2.06. The van der Waals surface area contributed by atoms with Gasteiger partial charge in [-0.2, -0.15) is 0 Å². The van der Waals surface area contributed by atoms with Gasteiger partial charge < -0.3 is 27.3 Å². The number of carbonyl (C=O) groups is 1. The molecule has 0 rings (SSSR count). The second kappa shape index (κ2) is 10.8. The summed E-state index contributed by atoms with van der Waals surface area (Å²) in [6, 6.07) is 0.0588. The molecule has 0 aromatic carbocycles. The predicted octanol–water partition coefficient (Wildman–Crippen LogP) is -0.162. The number of rotatable bonds is 10. The van der Waals surface area contributed by atoms with Gasteiger partial charge in [0.1, 0.15) is 5.60 Å². The van der Waals surface area contributed by atoms with E-state index in [0.717, 1.165) is 32.5 Å². The van der Waals surface area contributed by atoms with Gasteiger partial charge in [-0.25, -0.2) is 4.79 Å². The fourth-order valence-corrected chi connectivity index (χ4v) is 1.95. The average molecular weight is 303 g/mol. The molecule has 0 saturated carbocycles. The lowest BCUT2D eigenvalue weighted by Crippen LogP contribution is -2.42. The molecule has 0 bridgehead atoms. The minimum absolute atomic E-state index is 0.0588. The number of nitrogens with two attached hydrogens (primary N) is 3. The summed E-state index contributed by atoms with van der Waals surface area (Å²) in [4.78, 5) is 13.6. The number of ether oxygens (including phenoxy) is 1. The van der Waals surface area contributed by atoms with Crippen molar-refractivity contribution in [3.05, 3.63) is 0 Å². The smallest absolute Gasteiger partial charge is 0.407 e. The number of hydrogen-bond donors (Lipinski definition) is 4. The van der Waals surface area contributed by atoms with Gasteiger partial charge in [-0.3, -0.25) is 4.90 Å². The summed E-state index contributed by atoms with van der Waals surface area (Å²) >= 11 is 0. The van der Waals surface area contributed by atoms with Gasteiger partial charge in [0.2, 0.25) is 0 Å². The maximum absolute atomic E-state index is 11.5. The average Bonchev–Trinajstić information content (AvgIpc) is 2.33. The summed E-state index contributed by atoms with van der Waals surface area (Å²) in [5.41, 5.74) is 16.7. The van der Waals surface area contributed by atoms with E-state index in [1.165, 1.54) is 0 Å². The third-order valence-corrected chi connectivity index (χ3v) is 2.80. The highest BCUT2D eigenvalue weighted by Gasteiger charge is 2.15. The monoisotopic (exact) mass is 303 g/mol. The van der Waals surface area contributed by atoms with Crippen molar-refractivity contribution in [1.29, 1.82) is 0 Å². The molecule has 0 heterocycles. The van der Waals surface area contributed by atoms with E-state index in [9.17, 15) is 4.79 Å². The topological polar surface area (TPSA) is 120 Å². The molecule has 7 heteroatoms. The second-order valence-corrected chi connectivity index (χ2v) is 6.21. The van der Waals surface area contributed by atoms with E-state index >= 15 is 0 Å². The van der Waals surface area contributed by atoms with Gasteiger partial charge in [0.05, 0.1) is 0 Å². The quantitative estimate of drug-likeness (QED) is 0.416. The standard InChI is InChI=1S/C14H33N5O2/c1-14(2,3)21-13(20)18-8-4-5-12(17)11-19(9-6-15)10-7-16/h12H,4-11,15-17H2,1-3H3,(H,18,20). The van der Waals surface area contributed by atoms with Crippen LogP contribution in [0.2, 0.25) is 0 Å². The maximum Gasteiger partial charge on any atom is 0.407 e. The molecule has 126 valence electrons. The van der Waals surface area contributed by atoms with Gasteiger partial charge in [0, 0.05) is 45.3 Å². The molecule has 0 aliphatic carbocycles. The Hall–Kier alpha value is -0.890. The van der Waals surface area contributed by atoms with E-state index in [1.807, 2.05) is 20.8 Å². The van der Waals surface area contributed by atoms with Gasteiger partial charge >= 0.3 is 6.09 Å². The molecule has 0 aromatic rings. The van der Waals surface area contributed by atoms with Crippen molar-refractivity contribution in [3.8, 4) is 0 Å². The number of nitrogens with one attached hydrogen (secondary N) is 1. The third kappa shape index (κ3) is 12.6. The molecule has 0 aliphatic rings. The second-order valence-electron chi connectivity index (χ2n) is 6.21. The molecule has 1 unspecified atom stereocenters. The molecule has 0 fully saturated rings. The number of amides is 1. The highest BCUT2D eigenvalue weighted by molar-refractivity contribution is 5.67. The van der Waals surface area contributed by atoms with Crippen molar-refractivity contribution >= 4 is 6.09 Å². The Labute approximate surface area is 128 Å². The highest BCUT2D eigenvalue weighted by atomic mass is 16.6. The Morgan fingerprint density at radius 2 is 1.81 bits per heavy atom. The van der Waals surface area contributed by atoms with E-state index in [2.05, 4.69) is 10.2 Å². The molecule has 0 aromatic heterocycles. The summed E-state index contributed by atoms with van der Waals surface area (Å²) in [7, 11) is 0. The lowest BCUT2D eigenvalue weighted by molar-refractivity contribution is 0.0526. The van der Waals surface area contributed by atoms with E-state index in [4.69, 9.17) is 21.9 Å². The first kappa shape index (κ1) is 20.1. The molecule has 1 atom stereocenters. The normalized spacial score (nSPS) is 13.3. The van der Waals surface area contributed by atoms with Crippen molar-refractivity contribution < 1.29 is 9.53 Å². The lowest BCUT2D eigenvalue weighted by Gasteiger charge is -2.24. The van der Waals surface area contributed by atoms with Gasteiger partial charge in [-0.05, 0) is 33.6 Å². The SMILES string of the molecule is CC(C)(C)OC(=O)NCCCC(N)CN(CCN)CCN. The zero-order valence-corrected chi connectivity index (χ0v) is 13.7. The van der Waals surface area contributed by atoms with E-state index in [0.29, 0.717) is 19.6 Å². The van der Waals surface area contributed by atoms with Crippen LogP contribution in [0.1, 0.15) is 33.6 Å². The minimum Gasteiger partial charge on any atom is -0.444 e. The van der Waals surface area contributed by atoms with Crippen LogP contribution < -0.4 is 22.5 Å². The molecule has 0 radical (unpaired) electrons. The van der Waals surface area contributed by atoms with E-state index in [1.54, 1.807) is 0 Å². The number of nitrogens with zero attached hydrogens (tertiary/aromatic N) is 1. The summed E-state index contributed by atoms with van der Waals surface area (Å²) in [6.45, 7) is 9.68. The Morgan fingerprint density at radius 3 is 2.29 bits per heavy atom. The summed E-state index contributed by atoms with van der Waals surface area (Å²) in [5.74, 6) is 0. The molecule has 0 saturated heterocycles. The van der Waals surface area contributed by atoms with Crippen molar-refractivity contribution in [3.63, 3.8) is 0 Å². The Bertz CT molecular complexity index is 275. The van der Waals surface area contributed by atoms with Crippen molar-refractivity contribution in [2.75, 3.05) is 39.3 Å². The first-order valence-corrected chi connectivity index (χ1v) is 7.63. The molecular weight excluding hydrogens is 270 g/mol. The molecule has 21 heavy (non-hydrogen) atoms. The van der Waals surface area contributed by atoms with E-state index < -0.39 is 5.60 Å². The molecule has 7 N–H and O–H groups in total. The summed E-state index contributed by atoms with van der Waals surface area (Å²) in [6.07, 6.45) is 1.27. The first-order valence-electron chi connectivity index (χ1n) is 7.63. The van der Waals surface area contributed by atoms with Crippen LogP contribution in [-0.4, -0.2) is 61.9 Å². The zero-order chi connectivity index (χ0) is 16.3. The molecule has 0 spiro atoms. The van der Waals surface area contributed by atoms with Crippen LogP contribution in [0.4, 0.5) is 4.79 Å². The lowest BCUT2D eigenvalue weighted by atomic mass is 10.1. The van der Waals surface area contributed by atoms with Crippen molar-refractivity contribution in [2.24, 2.45) is 17.2 Å². The zero-order valence-electron chi connectivity index (χ0n) is 13.7. The van der Waals surface area contributed by atoms with Crippen LogP contribution in [-0.2, 0) is 4.74 Å². The Kier molecular flexibility index (Phi) is 10.3.